The third-order valence-electron chi connectivity index (χ3n) is 3.21. The quantitative estimate of drug-likeness (QED) is 0.677. The molecule has 0 bridgehead atoms. The van der Waals surface area contributed by atoms with E-state index in [1.54, 1.807) is 23.5 Å². The molecule has 1 heterocycles. The first-order chi connectivity index (χ1) is 10.7. The molecule has 22 heavy (non-hydrogen) atoms. The van der Waals surface area contributed by atoms with E-state index in [0.29, 0.717) is 18.7 Å². The Morgan fingerprint density at radius 3 is 2.77 bits per heavy atom. The fourth-order valence-corrected chi connectivity index (χ4v) is 3.40. The summed E-state index contributed by atoms with van der Waals surface area (Å²) in [6.45, 7) is 1.13. The van der Waals surface area contributed by atoms with E-state index in [1.807, 2.05) is 24.4 Å². The zero-order chi connectivity index (χ0) is 15.4. The van der Waals surface area contributed by atoms with Crippen LogP contribution in [0, 0.1) is 5.82 Å². The number of benzene rings is 2. The molecule has 0 atom stereocenters. The third-order valence-corrected chi connectivity index (χ3v) is 4.75. The molecule has 0 aliphatic rings. The van der Waals surface area contributed by atoms with Crippen molar-refractivity contribution in [2.24, 2.45) is 0 Å². The van der Waals surface area contributed by atoms with Crippen molar-refractivity contribution in [2.75, 3.05) is 0 Å². The molecule has 0 saturated carbocycles. The van der Waals surface area contributed by atoms with E-state index in [1.165, 1.54) is 6.07 Å². The molecule has 3 aromatic rings. The highest BCUT2D eigenvalue weighted by molar-refractivity contribution is 9.10. The van der Waals surface area contributed by atoms with Gasteiger partial charge in [0.1, 0.15) is 10.8 Å². The van der Waals surface area contributed by atoms with Gasteiger partial charge in [-0.25, -0.2) is 9.37 Å². The first-order valence-corrected chi connectivity index (χ1v) is 8.48. The SMILES string of the molecule is Fc1ccccc1CNCc1ncc(-c2cccc(Br)c2)s1. The normalized spacial score (nSPS) is 10.8. The van der Waals surface area contributed by atoms with Crippen LogP contribution < -0.4 is 5.32 Å². The molecule has 2 aromatic carbocycles. The van der Waals surface area contributed by atoms with Crippen LogP contribution in [0.5, 0.6) is 0 Å². The Labute approximate surface area is 141 Å². The fraction of sp³-hybridized carbons (Fsp3) is 0.118. The standard InChI is InChI=1S/C17H14BrFN2S/c18-14-6-3-5-12(8-14)16-10-21-17(22-16)11-20-9-13-4-1-2-7-15(13)19/h1-8,10,20H,9,11H2. The molecule has 0 fully saturated rings. The van der Waals surface area contributed by atoms with Crippen LogP contribution in [0.1, 0.15) is 10.6 Å². The lowest BCUT2D eigenvalue weighted by atomic mass is 10.2. The summed E-state index contributed by atoms with van der Waals surface area (Å²) in [6, 6.07) is 15.0. The van der Waals surface area contributed by atoms with Gasteiger partial charge in [-0.05, 0) is 23.8 Å². The maximum Gasteiger partial charge on any atom is 0.127 e. The number of hydrogen-bond donors (Lipinski definition) is 1. The van der Waals surface area contributed by atoms with Crippen molar-refractivity contribution in [1.29, 1.82) is 0 Å². The molecule has 1 N–H and O–H groups in total. The highest BCUT2D eigenvalue weighted by Gasteiger charge is 2.05. The molecule has 5 heteroatoms. The number of halogens is 2. The van der Waals surface area contributed by atoms with Crippen LogP contribution in [0.3, 0.4) is 0 Å². The molecule has 0 unspecified atom stereocenters. The number of hydrogen-bond acceptors (Lipinski definition) is 3. The van der Waals surface area contributed by atoms with Crippen molar-refractivity contribution in [2.45, 2.75) is 13.1 Å². The van der Waals surface area contributed by atoms with Crippen molar-refractivity contribution < 1.29 is 4.39 Å². The Bertz CT molecular complexity index is 773. The Balaban J connectivity index is 1.62. The first kappa shape index (κ1) is 15.3. The zero-order valence-electron chi connectivity index (χ0n) is 11.7. The smallest absolute Gasteiger partial charge is 0.127 e. The van der Waals surface area contributed by atoms with Crippen molar-refractivity contribution in [3.8, 4) is 10.4 Å². The van der Waals surface area contributed by atoms with E-state index in [0.717, 1.165) is 19.9 Å². The van der Waals surface area contributed by atoms with Crippen LogP contribution in [0.25, 0.3) is 10.4 Å². The van der Waals surface area contributed by atoms with E-state index < -0.39 is 0 Å². The van der Waals surface area contributed by atoms with E-state index in [2.05, 4.69) is 38.4 Å². The average molecular weight is 377 g/mol. The summed E-state index contributed by atoms with van der Waals surface area (Å²) in [4.78, 5) is 5.55. The molecule has 112 valence electrons. The first-order valence-electron chi connectivity index (χ1n) is 6.87. The molecule has 0 radical (unpaired) electrons. The minimum Gasteiger partial charge on any atom is -0.306 e. The second-order valence-corrected chi connectivity index (χ2v) is 6.85. The number of thiazole rings is 1. The summed E-state index contributed by atoms with van der Waals surface area (Å²) in [7, 11) is 0. The Kier molecular flexibility index (Phi) is 4.97. The lowest BCUT2D eigenvalue weighted by Crippen LogP contribution is -2.13. The van der Waals surface area contributed by atoms with Crippen LogP contribution in [-0.2, 0) is 13.1 Å². The molecule has 2 nitrogen and oxygen atoms in total. The van der Waals surface area contributed by atoms with Crippen LogP contribution in [-0.4, -0.2) is 4.98 Å². The summed E-state index contributed by atoms with van der Waals surface area (Å²) in [5.74, 6) is -0.177. The van der Waals surface area contributed by atoms with Crippen LogP contribution >= 0.6 is 27.3 Å². The molecule has 3 rings (SSSR count). The summed E-state index contributed by atoms with van der Waals surface area (Å²) in [6.07, 6.45) is 1.88. The van der Waals surface area contributed by atoms with Crippen LogP contribution in [0.15, 0.2) is 59.2 Å². The summed E-state index contributed by atoms with van der Waals surface area (Å²) in [5, 5.41) is 4.23. The van der Waals surface area contributed by atoms with Gasteiger partial charge in [-0.1, -0.05) is 46.3 Å². The van der Waals surface area contributed by atoms with Gasteiger partial charge in [0.25, 0.3) is 0 Å². The van der Waals surface area contributed by atoms with Gasteiger partial charge in [-0.2, -0.15) is 0 Å². The van der Waals surface area contributed by atoms with Gasteiger partial charge in [0.05, 0.1) is 4.88 Å². The second-order valence-electron chi connectivity index (χ2n) is 4.82. The topological polar surface area (TPSA) is 24.9 Å². The second kappa shape index (κ2) is 7.13. The number of aromatic nitrogens is 1. The molecule has 0 saturated heterocycles. The van der Waals surface area contributed by atoms with Crippen molar-refractivity contribution in [3.05, 3.63) is 75.6 Å². The molecule has 0 aliphatic carbocycles. The molecule has 0 aliphatic heterocycles. The minimum atomic E-state index is -0.177. The van der Waals surface area contributed by atoms with Gasteiger partial charge >= 0.3 is 0 Å². The Morgan fingerprint density at radius 1 is 1.09 bits per heavy atom. The number of nitrogens with one attached hydrogen (secondary N) is 1. The van der Waals surface area contributed by atoms with Crippen molar-refractivity contribution >= 4 is 27.3 Å². The van der Waals surface area contributed by atoms with E-state index >= 15 is 0 Å². The minimum absolute atomic E-state index is 0.177. The molecular weight excluding hydrogens is 363 g/mol. The largest absolute Gasteiger partial charge is 0.306 e. The van der Waals surface area contributed by atoms with Gasteiger partial charge in [0, 0.05) is 29.3 Å². The van der Waals surface area contributed by atoms with E-state index in [9.17, 15) is 4.39 Å². The average Bonchev–Trinajstić information content (AvgIpc) is 2.98. The van der Waals surface area contributed by atoms with Crippen molar-refractivity contribution in [1.82, 2.24) is 10.3 Å². The Hall–Kier alpha value is -1.56. The summed E-state index contributed by atoms with van der Waals surface area (Å²) in [5.41, 5.74) is 1.82. The third kappa shape index (κ3) is 3.80. The molecular formula is C17H14BrFN2S. The van der Waals surface area contributed by atoms with Crippen LogP contribution in [0.4, 0.5) is 4.39 Å². The van der Waals surface area contributed by atoms with Gasteiger partial charge in [0.15, 0.2) is 0 Å². The van der Waals surface area contributed by atoms with Gasteiger partial charge in [-0.3, -0.25) is 0 Å². The maximum absolute atomic E-state index is 13.5. The lowest BCUT2D eigenvalue weighted by Gasteiger charge is -2.03. The monoisotopic (exact) mass is 376 g/mol. The number of rotatable bonds is 5. The molecule has 0 amide bonds. The molecule has 0 spiro atoms. The van der Waals surface area contributed by atoms with Crippen molar-refractivity contribution in [3.63, 3.8) is 0 Å². The number of nitrogens with zero attached hydrogens (tertiary/aromatic N) is 1. The lowest BCUT2D eigenvalue weighted by molar-refractivity contribution is 0.587. The highest BCUT2D eigenvalue weighted by atomic mass is 79.9. The van der Waals surface area contributed by atoms with E-state index in [4.69, 9.17) is 0 Å². The summed E-state index contributed by atoms with van der Waals surface area (Å²) < 4.78 is 14.6. The predicted molar refractivity (Wildman–Crippen MR) is 92.2 cm³/mol. The maximum atomic E-state index is 13.5. The summed E-state index contributed by atoms with van der Waals surface area (Å²) >= 11 is 5.12. The fourth-order valence-electron chi connectivity index (χ4n) is 2.11. The van der Waals surface area contributed by atoms with E-state index in [-0.39, 0.29) is 5.82 Å². The Morgan fingerprint density at radius 2 is 1.95 bits per heavy atom. The highest BCUT2D eigenvalue weighted by Crippen LogP contribution is 2.28. The van der Waals surface area contributed by atoms with Gasteiger partial charge < -0.3 is 5.32 Å². The van der Waals surface area contributed by atoms with Gasteiger partial charge in [0.2, 0.25) is 0 Å². The molecule has 1 aromatic heterocycles. The zero-order valence-corrected chi connectivity index (χ0v) is 14.1. The van der Waals surface area contributed by atoms with Crippen LogP contribution in [0.2, 0.25) is 0 Å². The predicted octanol–water partition coefficient (Wildman–Crippen LogP) is 5.00. The van der Waals surface area contributed by atoms with Gasteiger partial charge in [-0.15, -0.1) is 11.3 Å².